The highest BCUT2D eigenvalue weighted by Gasteiger charge is 2.11. The lowest BCUT2D eigenvalue weighted by Crippen LogP contribution is -2.35. The van der Waals surface area contributed by atoms with Gasteiger partial charge in [-0.3, -0.25) is 0 Å². The Balaban J connectivity index is 1.94. The highest BCUT2D eigenvalue weighted by atomic mass is 15.1. The van der Waals surface area contributed by atoms with E-state index in [9.17, 15) is 0 Å². The number of hydrogen-bond acceptors (Lipinski definition) is 0. The molecule has 0 aliphatic heterocycles. The van der Waals surface area contributed by atoms with Crippen LogP contribution in [0.15, 0.2) is 12.4 Å². The van der Waals surface area contributed by atoms with Crippen LogP contribution in [0.1, 0.15) is 129 Å². The molecular weight excluding hydrogens is 328 g/mol. The molecule has 0 bridgehead atoms. The predicted molar refractivity (Wildman–Crippen MR) is 119 cm³/mol. The van der Waals surface area contributed by atoms with E-state index >= 15 is 0 Å². The molecule has 0 unspecified atom stereocenters. The van der Waals surface area contributed by atoms with Gasteiger partial charge >= 0.3 is 0 Å². The second kappa shape index (κ2) is 17.3. The quantitative estimate of drug-likeness (QED) is 0.172. The lowest BCUT2D eigenvalue weighted by Gasteiger charge is -2.03. The monoisotopic (exact) mass is 377 g/mol. The van der Waals surface area contributed by atoms with E-state index in [1.807, 2.05) is 0 Å². The maximum atomic E-state index is 2.46. The number of imidazole rings is 1. The normalized spacial score (nSPS) is 11.4. The van der Waals surface area contributed by atoms with E-state index in [-0.39, 0.29) is 0 Å². The highest BCUT2D eigenvalue weighted by molar-refractivity contribution is 4.79. The summed E-state index contributed by atoms with van der Waals surface area (Å²) in [5.74, 6) is 1.44. The Morgan fingerprint density at radius 2 is 1.07 bits per heavy atom. The third-order valence-electron chi connectivity index (χ3n) is 6.01. The summed E-state index contributed by atoms with van der Waals surface area (Å²) < 4.78 is 4.90. The summed E-state index contributed by atoms with van der Waals surface area (Å²) in [6.45, 7) is 9.25. The molecule has 1 heterocycles. The van der Waals surface area contributed by atoms with E-state index in [1.54, 1.807) is 0 Å². The number of hydrogen-bond donors (Lipinski definition) is 0. The van der Waals surface area contributed by atoms with Gasteiger partial charge in [0.15, 0.2) is 0 Å². The van der Waals surface area contributed by atoms with Crippen LogP contribution < -0.4 is 4.57 Å². The van der Waals surface area contributed by atoms with Crippen LogP contribution in [0.2, 0.25) is 0 Å². The Morgan fingerprint density at radius 1 is 0.630 bits per heavy atom. The molecular formula is C25H49N2+. The van der Waals surface area contributed by atoms with Crippen molar-refractivity contribution in [1.82, 2.24) is 4.57 Å². The first-order valence-corrected chi connectivity index (χ1v) is 12.3. The average molecular weight is 378 g/mol. The van der Waals surface area contributed by atoms with Crippen LogP contribution in [0.4, 0.5) is 0 Å². The summed E-state index contributed by atoms with van der Waals surface area (Å²) in [5.41, 5.74) is 0. The van der Waals surface area contributed by atoms with Crippen molar-refractivity contribution in [2.24, 2.45) is 0 Å². The molecule has 2 heteroatoms. The molecule has 0 aromatic carbocycles. The van der Waals surface area contributed by atoms with Gasteiger partial charge in [-0.2, -0.15) is 0 Å². The van der Waals surface area contributed by atoms with Crippen molar-refractivity contribution in [3.63, 3.8) is 0 Å². The Hall–Kier alpha value is -0.790. The van der Waals surface area contributed by atoms with Gasteiger partial charge in [-0.05, 0) is 25.7 Å². The minimum atomic E-state index is 1.19. The molecule has 27 heavy (non-hydrogen) atoms. The largest absolute Gasteiger partial charge is 0.253 e. The van der Waals surface area contributed by atoms with Crippen molar-refractivity contribution in [3.05, 3.63) is 18.2 Å². The van der Waals surface area contributed by atoms with Crippen molar-refractivity contribution >= 4 is 0 Å². The topological polar surface area (TPSA) is 8.81 Å². The Morgan fingerprint density at radius 3 is 1.59 bits per heavy atom. The van der Waals surface area contributed by atoms with E-state index in [4.69, 9.17) is 0 Å². The standard InChI is InChI=1S/C25H49N2/c1-4-6-8-10-11-12-13-14-15-16-17-18-20-22-27-24-23-26(25(27)3)21-19-9-7-5-2/h23-24H,4-22H2,1-3H3/q+1. The molecule has 1 aromatic heterocycles. The summed E-state index contributed by atoms with van der Waals surface area (Å²) in [6, 6.07) is 0. The lowest BCUT2D eigenvalue weighted by molar-refractivity contribution is -0.702. The molecule has 0 amide bonds. The molecule has 158 valence electrons. The van der Waals surface area contributed by atoms with Crippen LogP contribution in [-0.2, 0) is 13.1 Å². The third-order valence-corrected chi connectivity index (χ3v) is 6.01. The second-order valence-corrected chi connectivity index (χ2v) is 8.54. The number of unbranched alkanes of at least 4 members (excludes halogenated alkanes) is 15. The molecule has 0 saturated heterocycles. The molecule has 1 aromatic rings. The minimum Gasteiger partial charge on any atom is -0.234 e. The number of rotatable bonds is 19. The van der Waals surface area contributed by atoms with Crippen LogP contribution >= 0.6 is 0 Å². The maximum Gasteiger partial charge on any atom is 0.253 e. The van der Waals surface area contributed by atoms with Gasteiger partial charge in [0.05, 0.1) is 13.1 Å². The fourth-order valence-electron chi connectivity index (χ4n) is 4.02. The van der Waals surface area contributed by atoms with Crippen LogP contribution in [-0.4, -0.2) is 4.57 Å². The van der Waals surface area contributed by atoms with Gasteiger partial charge < -0.3 is 0 Å². The van der Waals surface area contributed by atoms with Crippen LogP contribution in [0.25, 0.3) is 0 Å². The summed E-state index contributed by atoms with van der Waals surface area (Å²) in [7, 11) is 0. The molecule has 0 spiro atoms. The summed E-state index contributed by atoms with van der Waals surface area (Å²) in [5, 5.41) is 0. The van der Waals surface area contributed by atoms with Gasteiger partial charge in [0.2, 0.25) is 0 Å². The van der Waals surface area contributed by atoms with Crippen molar-refractivity contribution in [1.29, 1.82) is 0 Å². The van der Waals surface area contributed by atoms with Gasteiger partial charge in [-0.15, -0.1) is 0 Å². The highest BCUT2D eigenvalue weighted by Crippen LogP contribution is 2.13. The van der Waals surface area contributed by atoms with Gasteiger partial charge in [0, 0.05) is 6.92 Å². The third kappa shape index (κ3) is 12.3. The van der Waals surface area contributed by atoms with Crippen molar-refractivity contribution in [2.75, 3.05) is 0 Å². The first kappa shape index (κ1) is 24.2. The number of aryl methyl sites for hydroxylation is 2. The maximum absolute atomic E-state index is 2.46. The van der Waals surface area contributed by atoms with Crippen molar-refractivity contribution in [3.8, 4) is 0 Å². The fourth-order valence-corrected chi connectivity index (χ4v) is 4.02. The molecule has 0 saturated carbocycles. The van der Waals surface area contributed by atoms with Gasteiger partial charge in [0.1, 0.15) is 12.4 Å². The molecule has 0 N–H and O–H groups in total. The SMILES string of the molecule is CCCCCCCCCCCCCCCn1cc[n+](CCCCCC)c1C. The zero-order valence-corrected chi connectivity index (χ0v) is 19.0. The van der Waals surface area contributed by atoms with E-state index < -0.39 is 0 Å². The summed E-state index contributed by atoms with van der Waals surface area (Å²) in [6.07, 6.45) is 28.6. The fraction of sp³-hybridized carbons (Fsp3) is 0.880. The average Bonchev–Trinajstić information content (AvgIpc) is 3.02. The minimum absolute atomic E-state index is 1.19. The van der Waals surface area contributed by atoms with Crippen molar-refractivity contribution < 1.29 is 4.57 Å². The Labute approximate surface area is 170 Å². The van der Waals surface area contributed by atoms with Crippen LogP contribution in [0, 0.1) is 6.92 Å². The molecule has 0 aliphatic rings. The van der Waals surface area contributed by atoms with Crippen LogP contribution in [0.3, 0.4) is 0 Å². The first-order valence-electron chi connectivity index (χ1n) is 12.3. The van der Waals surface area contributed by atoms with E-state index in [0.29, 0.717) is 0 Å². The first-order chi connectivity index (χ1) is 13.3. The van der Waals surface area contributed by atoms with E-state index in [2.05, 4.69) is 42.3 Å². The molecule has 0 radical (unpaired) electrons. The van der Waals surface area contributed by atoms with Gasteiger partial charge in [-0.25, -0.2) is 9.13 Å². The summed E-state index contributed by atoms with van der Waals surface area (Å²) in [4.78, 5) is 0. The van der Waals surface area contributed by atoms with E-state index in [1.165, 1.54) is 128 Å². The molecule has 2 nitrogen and oxygen atoms in total. The Bertz CT molecular complexity index is 436. The predicted octanol–water partition coefficient (Wildman–Crippen LogP) is 7.76. The molecule has 0 aliphatic carbocycles. The van der Waals surface area contributed by atoms with E-state index in [0.717, 1.165) is 0 Å². The van der Waals surface area contributed by atoms with Gasteiger partial charge in [0.25, 0.3) is 5.82 Å². The Kier molecular flexibility index (Phi) is 15.6. The second-order valence-electron chi connectivity index (χ2n) is 8.54. The van der Waals surface area contributed by atoms with Crippen LogP contribution in [0.5, 0.6) is 0 Å². The zero-order valence-electron chi connectivity index (χ0n) is 19.0. The zero-order chi connectivity index (χ0) is 19.6. The number of nitrogens with zero attached hydrogens (tertiary/aromatic N) is 2. The van der Waals surface area contributed by atoms with Gasteiger partial charge in [-0.1, -0.05) is 97.3 Å². The number of aromatic nitrogens is 2. The molecule has 0 fully saturated rings. The summed E-state index contributed by atoms with van der Waals surface area (Å²) >= 11 is 0. The van der Waals surface area contributed by atoms with Crippen molar-refractivity contribution in [2.45, 2.75) is 143 Å². The smallest absolute Gasteiger partial charge is 0.234 e. The molecule has 1 rings (SSSR count). The molecule has 0 atom stereocenters. The lowest BCUT2D eigenvalue weighted by atomic mass is 10.0.